The lowest BCUT2D eigenvalue weighted by Gasteiger charge is -2.05. The molecule has 1 heterocycles. The van der Waals surface area contributed by atoms with Crippen molar-refractivity contribution < 1.29 is 14.3 Å². The summed E-state index contributed by atoms with van der Waals surface area (Å²) in [6.45, 7) is 0.636. The second-order valence-electron chi connectivity index (χ2n) is 4.92. The third kappa shape index (κ3) is 5.15. The first-order valence-corrected chi connectivity index (χ1v) is 8.12. The molecule has 0 aliphatic carbocycles. The molecule has 0 fully saturated rings. The summed E-state index contributed by atoms with van der Waals surface area (Å²) in [6.07, 6.45) is 1.96. The number of thiazole rings is 1. The fourth-order valence-electron chi connectivity index (χ4n) is 1.98. The van der Waals surface area contributed by atoms with E-state index in [4.69, 9.17) is 5.73 Å². The van der Waals surface area contributed by atoms with Crippen molar-refractivity contribution in [3.05, 3.63) is 45.9 Å². The molecule has 23 heavy (non-hydrogen) atoms. The van der Waals surface area contributed by atoms with E-state index in [2.05, 4.69) is 15.0 Å². The van der Waals surface area contributed by atoms with Gasteiger partial charge >= 0.3 is 5.97 Å². The molecule has 3 N–H and O–H groups in total. The molecule has 0 saturated carbocycles. The van der Waals surface area contributed by atoms with Crippen LogP contribution in [0.25, 0.3) is 0 Å². The number of aromatic nitrogens is 1. The number of hydrogen-bond acceptors (Lipinski definition) is 6. The van der Waals surface area contributed by atoms with Crippen molar-refractivity contribution in [2.75, 3.05) is 19.0 Å². The summed E-state index contributed by atoms with van der Waals surface area (Å²) in [7, 11) is 1.33. The van der Waals surface area contributed by atoms with Gasteiger partial charge < -0.3 is 15.8 Å². The number of rotatable bonds is 7. The van der Waals surface area contributed by atoms with Crippen molar-refractivity contribution in [3.8, 4) is 0 Å². The Labute approximate surface area is 138 Å². The van der Waals surface area contributed by atoms with Gasteiger partial charge in [-0.2, -0.15) is 0 Å². The summed E-state index contributed by atoms with van der Waals surface area (Å²) < 4.78 is 4.63. The number of nitrogens with one attached hydrogen (secondary N) is 1. The summed E-state index contributed by atoms with van der Waals surface area (Å²) in [4.78, 5) is 27.8. The van der Waals surface area contributed by atoms with E-state index in [9.17, 15) is 9.59 Å². The van der Waals surface area contributed by atoms with E-state index in [1.165, 1.54) is 7.11 Å². The quantitative estimate of drug-likeness (QED) is 0.756. The molecule has 0 saturated heterocycles. The monoisotopic (exact) mass is 333 g/mol. The Hall–Kier alpha value is -2.25. The first kappa shape index (κ1) is 17.1. The van der Waals surface area contributed by atoms with Gasteiger partial charge in [0.05, 0.1) is 29.8 Å². The van der Waals surface area contributed by atoms with Crippen LogP contribution in [-0.2, 0) is 22.4 Å². The minimum Gasteiger partial charge on any atom is -0.465 e. The van der Waals surface area contributed by atoms with Crippen LogP contribution in [0.4, 0.5) is 5.69 Å². The Morgan fingerprint density at radius 2 is 2.04 bits per heavy atom. The molecule has 2 rings (SSSR count). The lowest BCUT2D eigenvalue weighted by atomic mass is 10.2. The smallest absolute Gasteiger partial charge is 0.337 e. The standard InChI is InChI=1S/C16H19N3O3S/c1-22-16(21)11-4-6-12(7-5-11)18-14(20)9-13-10-23-15(19-13)3-2-8-17/h4-7,10H,2-3,8-9,17H2,1H3,(H,18,20). The number of aryl methyl sites for hydroxylation is 1. The highest BCUT2D eigenvalue weighted by Gasteiger charge is 2.09. The van der Waals surface area contributed by atoms with Gasteiger partial charge in [0, 0.05) is 17.5 Å². The average Bonchev–Trinajstić information content (AvgIpc) is 3.00. The number of ether oxygens (including phenoxy) is 1. The molecule has 122 valence electrons. The number of carbonyl (C=O) groups excluding carboxylic acids is 2. The highest BCUT2D eigenvalue weighted by molar-refractivity contribution is 7.09. The van der Waals surface area contributed by atoms with Crippen LogP contribution in [0.3, 0.4) is 0 Å². The molecule has 0 aliphatic heterocycles. The molecule has 0 radical (unpaired) electrons. The van der Waals surface area contributed by atoms with Crippen molar-refractivity contribution in [1.29, 1.82) is 0 Å². The van der Waals surface area contributed by atoms with Gasteiger partial charge in [-0.15, -0.1) is 11.3 Å². The highest BCUT2D eigenvalue weighted by atomic mass is 32.1. The van der Waals surface area contributed by atoms with Crippen molar-refractivity contribution in [2.45, 2.75) is 19.3 Å². The van der Waals surface area contributed by atoms with Crippen LogP contribution in [0.5, 0.6) is 0 Å². The third-order valence-electron chi connectivity index (χ3n) is 3.13. The van der Waals surface area contributed by atoms with Gasteiger partial charge in [0.2, 0.25) is 5.91 Å². The molecule has 0 spiro atoms. The summed E-state index contributed by atoms with van der Waals surface area (Å²) in [5.41, 5.74) is 7.29. The van der Waals surface area contributed by atoms with Gasteiger partial charge in [-0.25, -0.2) is 9.78 Å². The molecule has 0 bridgehead atoms. The van der Waals surface area contributed by atoms with Crippen molar-refractivity contribution in [2.24, 2.45) is 5.73 Å². The topological polar surface area (TPSA) is 94.3 Å². The Kier molecular flexibility index (Phi) is 6.25. The summed E-state index contributed by atoms with van der Waals surface area (Å²) >= 11 is 1.55. The fourth-order valence-corrected chi connectivity index (χ4v) is 2.82. The van der Waals surface area contributed by atoms with Crippen LogP contribution >= 0.6 is 11.3 Å². The molecular formula is C16H19N3O3S. The lowest BCUT2D eigenvalue weighted by Crippen LogP contribution is -2.14. The van der Waals surface area contributed by atoms with Crippen molar-refractivity contribution in [1.82, 2.24) is 4.98 Å². The van der Waals surface area contributed by atoms with Gasteiger partial charge in [-0.3, -0.25) is 4.79 Å². The first-order valence-electron chi connectivity index (χ1n) is 7.24. The fraction of sp³-hybridized carbons (Fsp3) is 0.312. The summed E-state index contributed by atoms with van der Waals surface area (Å²) in [5.74, 6) is -0.554. The largest absolute Gasteiger partial charge is 0.465 e. The van der Waals surface area contributed by atoms with E-state index in [0.717, 1.165) is 23.5 Å². The third-order valence-corrected chi connectivity index (χ3v) is 4.08. The van der Waals surface area contributed by atoms with Gasteiger partial charge in [-0.1, -0.05) is 0 Å². The Morgan fingerprint density at radius 3 is 2.70 bits per heavy atom. The number of benzene rings is 1. The van der Waals surface area contributed by atoms with Crippen LogP contribution in [0.2, 0.25) is 0 Å². The number of methoxy groups -OCH3 is 1. The second-order valence-corrected chi connectivity index (χ2v) is 5.86. The minimum absolute atomic E-state index is 0.147. The lowest BCUT2D eigenvalue weighted by molar-refractivity contribution is -0.115. The predicted octanol–water partition coefficient (Wildman–Crippen LogP) is 2.00. The van der Waals surface area contributed by atoms with E-state index in [0.29, 0.717) is 17.8 Å². The van der Waals surface area contributed by atoms with Crippen molar-refractivity contribution in [3.63, 3.8) is 0 Å². The maximum atomic E-state index is 12.0. The number of amides is 1. The predicted molar refractivity (Wildman–Crippen MR) is 89.6 cm³/mol. The summed E-state index contributed by atoms with van der Waals surface area (Å²) in [5, 5.41) is 5.68. The molecule has 1 amide bonds. The SMILES string of the molecule is COC(=O)c1ccc(NC(=O)Cc2csc(CCCN)n2)cc1. The number of anilines is 1. The Balaban J connectivity index is 1.89. The zero-order valence-electron chi connectivity index (χ0n) is 12.9. The van der Waals surface area contributed by atoms with Gasteiger partial charge in [0.1, 0.15) is 0 Å². The van der Waals surface area contributed by atoms with Crippen molar-refractivity contribution >= 4 is 28.9 Å². The van der Waals surface area contributed by atoms with E-state index in [1.807, 2.05) is 5.38 Å². The van der Waals surface area contributed by atoms with Gasteiger partial charge in [0.15, 0.2) is 0 Å². The maximum Gasteiger partial charge on any atom is 0.337 e. The zero-order chi connectivity index (χ0) is 16.7. The van der Waals surface area contributed by atoms with Gasteiger partial charge in [0.25, 0.3) is 0 Å². The van der Waals surface area contributed by atoms with E-state index in [-0.39, 0.29) is 12.3 Å². The first-order chi connectivity index (χ1) is 11.1. The number of carbonyl (C=O) groups is 2. The number of hydrogen-bond donors (Lipinski definition) is 2. The van der Waals surface area contributed by atoms with E-state index >= 15 is 0 Å². The molecule has 0 atom stereocenters. The molecular weight excluding hydrogens is 314 g/mol. The van der Waals surface area contributed by atoms with Crippen LogP contribution in [-0.4, -0.2) is 30.5 Å². The molecule has 7 heteroatoms. The number of nitrogens with two attached hydrogens (primary N) is 1. The van der Waals surface area contributed by atoms with Crippen LogP contribution < -0.4 is 11.1 Å². The zero-order valence-corrected chi connectivity index (χ0v) is 13.7. The Bertz CT molecular complexity index is 667. The molecule has 0 aliphatic rings. The number of nitrogens with zero attached hydrogens (tertiary/aromatic N) is 1. The molecule has 1 aromatic carbocycles. The molecule has 0 unspecified atom stereocenters. The van der Waals surface area contributed by atoms with Crippen LogP contribution in [0.15, 0.2) is 29.6 Å². The highest BCUT2D eigenvalue weighted by Crippen LogP contribution is 2.14. The normalized spacial score (nSPS) is 10.3. The molecule has 1 aromatic heterocycles. The molecule has 2 aromatic rings. The van der Waals surface area contributed by atoms with E-state index in [1.54, 1.807) is 35.6 Å². The average molecular weight is 333 g/mol. The molecule has 6 nitrogen and oxygen atoms in total. The van der Waals surface area contributed by atoms with Crippen LogP contribution in [0, 0.1) is 0 Å². The van der Waals surface area contributed by atoms with Crippen LogP contribution in [0.1, 0.15) is 27.5 Å². The second kappa shape index (κ2) is 8.40. The minimum atomic E-state index is -0.407. The summed E-state index contributed by atoms with van der Waals surface area (Å²) in [6, 6.07) is 6.54. The Morgan fingerprint density at radius 1 is 1.30 bits per heavy atom. The number of esters is 1. The van der Waals surface area contributed by atoms with Gasteiger partial charge in [-0.05, 0) is 37.2 Å². The maximum absolute atomic E-state index is 12.0. The van der Waals surface area contributed by atoms with E-state index < -0.39 is 5.97 Å².